The highest BCUT2D eigenvalue weighted by Crippen LogP contribution is 2.45. The molecule has 1 saturated heterocycles. The van der Waals surface area contributed by atoms with Crippen molar-refractivity contribution in [3.05, 3.63) is 101 Å². The summed E-state index contributed by atoms with van der Waals surface area (Å²) in [7, 11) is 0. The third-order valence-corrected chi connectivity index (χ3v) is 7.73. The molecule has 0 spiro atoms. The lowest BCUT2D eigenvalue weighted by Crippen LogP contribution is -2.56. The molecule has 1 amide bonds. The minimum absolute atomic E-state index is 0.0453. The molecule has 1 fully saturated rings. The Hall–Kier alpha value is -3.58. The summed E-state index contributed by atoms with van der Waals surface area (Å²) in [5, 5.41) is 0. The van der Waals surface area contributed by atoms with Crippen molar-refractivity contribution in [2.24, 2.45) is 0 Å². The number of hydrogen-bond acceptors (Lipinski definition) is 3. The molecular weight excluding hydrogens is 479 g/mol. The molecule has 3 aromatic carbocycles. The summed E-state index contributed by atoms with van der Waals surface area (Å²) in [6.45, 7) is 2.31. The minimum Gasteiger partial charge on any atom is -0.448 e. The van der Waals surface area contributed by atoms with E-state index in [-0.39, 0.29) is 30.7 Å². The monoisotopic (exact) mass is 505 g/mol. The van der Waals surface area contributed by atoms with E-state index in [9.17, 15) is 18.0 Å². The maximum Gasteiger partial charge on any atom is 0.416 e. The second-order valence-electron chi connectivity index (χ2n) is 9.84. The van der Waals surface area contributed by atoms with Crippen LogP contribution in [0.4, 0.5) is 18.0 Å². The van der Waals surface area contributed by atoms with E-state index in [2.05, 4.69) is 24.3 Å². The van der Waals surface area contributed by atoms with E-state index >= 15 is 0 Å². The van der Waals surface area contributed by atoms with Gasteiger partial charge in [0.2, 0.25) is 0 Å². The molecule has 0 aromatic heterocycles. The van der Waals surface area contributed by atoms with Gasteiger partial charge in [0.05, 0.1) is 30.9 Å². The van der Waals surface area contributed by atoms with Gasteiger partial charge >= 0.3 is 12.3 Å². The average molecular weight is 506 g/mol. The first-order chi connectivity index (χ1) is 17.8. The first kappa shape index (κ1) is 23.8. The first-order valence-electron chi connectivity index (χ1n) is 12.4. The Morgan fingerprint density at radius 1 is 0.946 bits per heavy atom. The predicted octanol–water partition coefficient (Wildman–Crippen LogP) is 6.82. The summed E-state index contributed by atoms with van der Waals surface area (Å²) in [5.74, 6) is -0.0453. The number of rotatable bonds is 3. The number of halogens is 3. The van der Waals surface area contributed by atoms with Gasteiger partial charge in [-0.05, 0) is 58.4 Å². The van der Waals surface area contributed by atoms with Crippen LogP contribution in [0.5, 0.6) is 0 Å². The Labute approximate surface area is 213 Å². The largest absolute Gasteiger partial charge is 0.448 e. The van der Waals surface area contributed by atoms with Crippen LogP contribution in [0.25, 0.3) is 16.7 Å². The van der Waals surface area contributed by atoms with Crippen molar-refractivity contribution < 1.29 is 27.4 Å². The van der Waals surface area contributed by atoms with Crippen LogP contribution in [0.15, 0.2) is 72.8 Å². The molecule has 1 aliphatic carbocycles. The second-order valence-corrected chi connectivity index (χ2v) is 9.84. The van der Waals surface area contributed by atoms with Crippen LogP contribution in [-0.4, -0.2) is 42.9 Å². The topological polar surface area (TPSA) is 38.8 Å². The maximum atomic E-state index is 13.5. The zero-order chi connectivity index (χ0) is 25.7. The zero-order valence-electron chi connectivity index (χ0n) is 20.3. The number of benzene rings is 3. The molecule has 6 rings (SSSR count). The van der Waals surface area contributed by atoms with E-state index in [1.165, 1.54) is 13.0 Å². The Kier molecular flexibility index (Phi) is 5.83. The second kappa shape index (κ2) is 9.06. The molecule has 190 valence electrons. The number of nitrogens with zero attached hydrogens (tertiary/aromatic N) is 1. The summed E-state index contributed by atoms with van der Waals surface area (Å²) in [5.41, 5.74) is 5.55. The molecule has 0 saturated carbocycles. The van der Waals surface area contributed by atoms with E-state index < -0.39 is 23.9 Å². The zero-order valence-corrected chi connectivity index (χ0v) is 20.3. The number of fused-ring (bicyclic) bond motifs is 5. The smallest absolute Gasteiger partial charge is 0.416 e. The van der Waals surface area contributed by atoms with Gasteiger partial charge in [0.15, 0.2) is 0 Å². The standard InChI is InChI=1S/C30H26F3NO3/c1-18-22(11-6-12-28(18)30(31,32)33)19-13-20-15-36-16-21(14-19)34(20)29(35)37-17-27-25-9-4-2-7-23(25)24-8-3-5-10-26(24)27/h2-13,20-21,27H,14-17H2,1H3. The molecular formula is C30H26F3NO3. The molecule has 2 heterocycles. The van der Waals surface area contributed by atoms with Crippen molar-refractivity contribution >= 4 is 11.7 Å². The number of alkyl halides is 3. The molecule has 37 heavy (non-hydrogen) atoms. The van der Waals surface area contributed by atoms with E-state index in [0.29, 0.717) is 18.6 Å². The number of morpholine rings is 1. The fraction of sp³-hybridized carbons (Fsp3) is 0.300. The molecule has 3 aliphatic rings. The van der Waals surface area contributed by atoms with Crippen LogP contribution in [0, 0.1) is 6.92 Å². The van der Waals surface area contributed by atoms with Gasteiger partial charge in [0.25, 0.3) is 0 Å². The van der Waals surface area contributed by atoms with Gasteiger partial charge in [0.1, 0.15) is 6.61 Å². The van der Waals surface area contributed by atoms with Crippen LogP contribution in [0.1, 0.15) is 40.2 Å². The van der Waals surface area contributed by atoms with Crippen molar-refractivity contribution in [3.63, 3.8) is 0 Å². The highest BCUT2D eigenvalue weighted by Gasteiger charge is 2.41. The molecule has 0 radical (unpaired) electrons. The molecule has 2 atom stereocenters. The van der Waals surface area contributed by atoms with E-state index in [0.717, 1.165) is 33.9 Å². The van der Waals surface area contributed by atoms with Gasteiger partial charge in [-0.1, -0.05) is 66.7 Å². The van der Waals surface area contributed by atoms with Crippen LogP contribution < -0.4 is 0 Å². The average Bonchev–Trinajstić information content (AvgIpc) is 3.19. The van der Waals surface area contributed by atoms with Gasteiger partial charge in [-0.15, -0.1) is 0 Å². The molecule has 3 aromatic rings. The number of hydrogen-bond donors (Lipinski definition) is 0. The predicted molar refractivity (Wildman–Crippen MR) is 134 cm³/mol. The van der Waals surface area contributed by atoms with Crippen LogP contribution in [0.3, 0.4) is 0 Å². The van der Waals surface area contributed by atoms with Gasteiger partial charge in [-0.3, -0.25) is 4.90 Å². The molecule has 2 aliphatic heterocycles. The SMILES string of the molecule is Cc1c(C2=CC3COCC(C2)N3C(=O)OCC2c3ccccc3-c3ccccc32)cccc1C(F)(F)F. The van der Waals surface area contributed by atoms with Crippen molar-refractivity contribution in [2.75, 3.05) is 19.8 Å². The molecule has 2 unspecified atom stereocenters. The first-order valence-corrected chi connectivity index (χ1v) is 12.4. The molecule has 4 nitrogen and oxygen atoms in total. The third-order valence-electron chi connectivity index (χ3n) is 7.73. The number of amides is 1. The lowest BCUT2D eigenvalue weighted by atomic mass is 9.87. The lowest BCUT2D eigenvalue weighted by molar-refractivity contribution is -0.138. The normalized spacial score (nSPS) is 20.8. The van der Waals surface area contributed by atoms with Crippen molar-refractivity contribution in [3.8, 4) is 11.1 Å². The van der Waals surface area contributed by atoms with Gasteiger partial charge < -0.3 is 9.47 Å². The number of ether oxygens (including phenoxy) is 2. The van der Waals surface area contributed by atoms with Gasteiger partial charge in [-0.25, -0.2) is 4.79 Å². The Bertz CT molecular complexity index is 1350. The summed E-state index contributed by atoms with van der Waals surface area (Å²) in [6, 6.07) is 19.9. The van der Waals surface area contributed by atoms with Crippen LogP contribution >= 0.6 is 0 Å². The Balaban J connectivity index is 1.23. The maximum absolute atomic E-state index is 13.5. The third kappa shape index (κ3) is 4.11. The summed E-state index contributed by atoms with van der Waals surface area (Å²) >= 11 is 0. The molecule has 0 N–H and O–H groups in total. The van der Waals surface area contributed by atoms with Crippen LogP contribution in [-0.2, 0) is 15.7 Å². The Morgan fingerprint density at radius 3 is 2.24 bits per heavy atom. The number of carbonyl (C=O) groups is 1. The molecule has 7 heteroatoms. The lowest BCUT2D eigenvalue weighted by Gasteiger charge is -2.44. The van der Waals surface area contributed by atoms with Crippen molar-refractivity contribution in [2.45, 2.75) is 37.5 Å². The molecule has 2 bridgehead atoms. The van der Waals surface area contributed by atoms with Crippen molar-refractivity contribution in [1.29, 1.82) is 0 Å². The highest BCUT2D eigenvalue weighted by atomic mass is 19.4. The van der Waals surface area contributed by atoms with Crippen molar-refractivity contribution in [1.82, 2.24) is 4.90 Å². The highest BCUT2D eigenvalue weighted by molar-refractivity contribution is 5.79. The van der Waals surface area contributed by atoms with Gasteiger partial charge in [-0.2, -0.15) is 13.2 Å². The van der Waals surface area contributed by atoms with Crippen LogP contribution in [0.2, 0.25) is 0 Å². The minimum atomic E-state index is -4.42. The summed E-state index contributed by atoms with van der Waals surface area (Å²) < 4.78 is 52.1. The van der Waals surface area contributed by atoms with E-state index in [4.69, 9.17) is 9.47 Å². The van der Waals surface area contributed by atoms with Gasteiger partial charge in [0, 0.05) is 5.92 Å². The number of carbonyl (C=O) groups excluding carboxylic acids is 1. The summed E-state index contributed by atoms with van der Waals surface area (Å²) in [6.07, 6.45) is -2.57. The quantitative estimate of drug-likeness (QED) is 0.392. The van der Waals surface area contributed by atoms with E-state index in [1.54, 1.807) is 11.0 Å². The van der Waals surface area contributed by atoms with E-state index in [1.807, 2.05) is 30.3 Å². The Morgan fingerprint density at radius 2 is 1.59 bits per heavy atom. The fourth-order valence-corrected chi connectivity index (χ4v) is 6.04. The fourth-order valence-electron chi connectivity index (χ4n) is 6.04. The summed E-state index contributed by atoms with van der Waals surface area (Å²) in [4.78, 5) is 15.1.